The predicted molar refractivity (Wildman–Crippen MR) is 71.8 cm³/mol. The Morgan fingerprint density at radius 1 is 1.35 bits per heavy atom. The van der Waals surface area contributed by atoms with Crippen LogP contribution in [0.2, 0.25) is 0 Å². The summed E-state index contributed by atoms with van der Waals surface area (Å²) in [7, 11) is 0. The molecule has 0 spiro atoms. The summed E-state index contributed by atoms with van der Waals surface area (Å²) >= 11 is 0. The maximum absolute atomic E-state index is 5.40. The van der Waals surface area contributed by atoms with E-state index in [0.29, 0.717) is 6.04 Å². The fraction of sp³-hybridized carbons (Fsp3) is 0.467. The Morgan fingerprint density at radius 2 is 2.18 bits per heavy atom. The molecule has 0 aromatic heterocycles. The lowest BCUT2D eigenvalue weighted by Crippen LogP contribution is -2.39. The molecule has 2 nitrogen and oxygen atoms in total. The summed E-state index contributed by atoms with van der Waals surface area (Å²) in [4.78, 5) is 2.37. The van der Waals surface area contributed by atoms with Crippen molar-refractivity contribution >= 4 is 0 Å². The van der Waals surface area contributed by atoms with Crippen molar-refractivity contribution in [1.82, 2.24) is 10.2 Å². The number of rotatable bonds is 3. The zero-order valence-electron chi connectivity index (χ0n) is 10.2. The lowest BCUT2D eigenvalue weighted by molar-refractivity contribution is 0.298. The van der Waals surface area contributed by atoms with Gasteiger partial charge in [0.15, 0.2) is 0 Å². The van der Waals surface area contributed by atoms with E-state index in [2.05, 4.69) is 46.5 Å². The lowest BCUT2D eigenvalue weighted by atomic mass is 10.1. The van der Waals surface area contributed by atoms with Gasteiger partial charge >= 0.3 is 0 Å². The molecule has 1 unspecified atom stereocenters. The van der Waals surface area contributed by atoms with Crippen LogP contribution in [0.5, 0.6) is 0 Å². The zero-order valence-corrected chi connectivity index (χ0v) is 10.2. The molecular formula is C15H20N2. The smallest absolute Gasteiger partial charge is 0.0599 e. The maximum Gasteiger partial charge on any atom is 0.0599 e. The van der Waals surface area contributed by atoms with Gasteiger partial charge in [-0.3, -0.25) is 4.90 Å². The molecule has 2 rings (SSSR count). The van der Waals surface area contributed by atoms with E-state index >= 15 is 0 Å². The molecule has 1 aliphatic rings. The van der Waals surface area contributed by atoms with Crippen LogP contribution in [0, 0.1) is 12.3 Å². The Kier molecular flexibility index (Phi) is 4.61. The van der Waals surface area contributed by atoms with Crippen LogP contribution in [0.25, 0.3) is 0 Å². The Morgan fingerprint density at radius 3 is 2.94 bits per heavy atom. The third-order valence-electron chi connectivity index (χ3n) is 3.20. The molecule has 0 radical (unpaired) electrons. The van der Waals surface area contributed by atoms with Crippen LogP contribution in [-0.2, 0) is 6.42 Å². The Balaban J connectivity index is 1.93. The highest BCUT2D eigenvalue weighted by molar-refractivity contribution is 5.16. The molecule has 17 heavy (non-hydrogen) atoms. The van der Waals surface area contributed by atoms with Gasteiger partial charge in [-0.25, -0.2) is 0 Å². The monoisotopic (exact) mass is 228 g/mol. The summed E-state index contributed by atoms with van der Waals surface area (Å²) in [5.41, 5.74) is 1.40. The van der Waals surface area contributed by atoms with Gasteiger partial charge in [-0.15, -0.1) is 6.42 Å². The van der Waals surface area contributed by atoms with Gasteiger partial charge in [0.05, 0.1) is 6.54 Å². The molecule has 1 heterocycles. The van der Waals surface area contributed by atoms with Gasteiger partial charge in [-0.05, 0) is 24.9 Å². The first-order valence-electron chi connectivity index (χ1n) is 6.31. The van der Waals surface area contributed by atoms with E-state index in [4.69, 9.17) is 6.42 Å². The second-order valence-corrected chi connectivity index (χ2v) is 4.63. The van der Waals surface area contributed by atoms with E-state index in [9.17, 15) is 0 Å². The zero-order chi connectivity index (χ0) is 11.9. The molecule has 1 atom stereocenters. The topological polar surface area (TPSA) is 15.3 Å². The van der Waals surface area contributed by atoms with E-state index in [0.717, 1.165) is 32.6 Å². The van der Waals surface area contributed by atoms with Crippen molar-refractivity contribution < 1.29 is 0 Å². The summed E-state index contributed by atoms with van der Waals surface area (Å²) in [5, 5.41) is 3.61. The maximum atomic E-state index is 5.40. The van der Waals surface area contributed by atoms with Crippen molar-refractivity contribution in [2.24, 2.45) is 0 Å². The molecule has 1 aromatic rings. The van der Waals surface area contributed by atoms with Crippen molar-refractivity contribution in [3.8, 4) is 12.3 Å². The normalized spacial score (nSPS) is 21.7. The van der Waals surface area contributed by atoms with Crippen LogP contribution in [0.15, 0.2) is 30.3 Å². The summed E-state index contributed by atoms with van der Waals surface area (Å²) in [6, 6.07) is 11.2. The molecule has 1 fully saturated rings. The van der Waals surface area contributed by atoms with E-state index < -0.39 is 0 Å². The summed E-state index contributed by atoms with van der Waals surface area (Å²) in [6.45, 7) is 4.03. The molecule has 1 saturated heterocycles. The van der Waals surface area contributed by atoms with Gasteiger partial charge in [-0.1, -0.05) is 36.3 Å². The molecule has 0 aliphatic carbocycles. The van der Waals surface area contributed by atoms with Gasteiger partial charge in [0.25, 0.3) is 0 Å². The highest BCUT2D eigenvalue weighted by Crippen LogP contribution is 2.07. The van der Waals surface area contributed by atoms with Crippen LogP contribution in [0.1, 0.15) is 12.0 Å². The van der Waals surface area contributed by atoms with E-state index in [1.54, 1.807) is 0 Å². The van der Waals surface area contributed by atoms with Gasteiger partial charge < -0.3 is 5.32 Å². The SMILES string of the molecule is C#CCN1CCCNC(Cc2ccccc2)C1. The Hall–Kier alpha value is -1.30. The number of hydrogen-bond acceptors (Lipinski definition) is 2. The molecule has 2 heteroatoms. The number of nitrogens with zero attached hydrogens (tertiary/aromatic N) is 1. The quantitative estimate of drug-likeness (QED) is 0.789. The number of hydrogen-bond donors (Lipinski definition) is 1. The van der Waals surface area contributed by atoms with E-state index in [1.807, 2.05) is 0 Å². The molecule has 0 saturated carbocycles. The summed E-state index contributed by atoms with van der Waals surface area (Å²) < 4.78 is 0. The van der Waals surface area contributed by atoms with Crippen LogP contribution in [-0.4, -0.2) is 37.1 Å². The van der Waals surface area contributed by atoms with Crippen LogP contribution in [0.3, 0.4) is 0 Å². The standard InChI is InChI=1S/C15H20N2/c1-2-10-17-11-6-9-16-15(13-17)12-14-7-4-3-5-8-14/h1,3-5,7-8,15-16H,6,9-13H2. The molecule has 1 aromatic carbocycles. The van der Waals surface area contributed by atoms with Crippen molar-refractivity contribution in [3.05, 3.63) is 35.9 Å². The lowest BCUT2D eigenvalue weighted by Gasteiger charge is -2.22. The summed E-state index contributed by atoms with van der Waals surface area (Å²) in [5.74, 6) is 2.75. The fourth-order valence-corrected chi connectivity index (χ4v) is 2.38. The predicted octanol–water partition coefficient (Wildman–Crippen LogP) is 1.53. The Bertz CT molecular complexity index is 366. The third kappa shape index (κ3) is 3.89. The van der Waals surface area contributed by atoms with E-state index in [1.165, 1.54) is 12.0 Å². The largest absolute Gasteiger partial charge is 0.312 e. The van der Waals surface area contributed by atoms with Gasteiger partial charge in [0.1, 0.15) is 0 Å². The van der Waals surface area contributed by atoms with Crippen LogP contribution >= 0.6 is 0 Å². The molecule has 90 valence electrons. The molecule has 1 N–H and O–H groups in total. The second kappa shape index (κ2) is 6.44. The number of nitrogens with one attached hydrogen (secondary N) is 1. The number of benzene rings is 1. The first-order chi connectivity index (χ1) is 8.38. The van der Waals surface area contributed by atoms with Crippen molar-refractivity contribution in [1.29, 1.82) is 0 Å². The van der Waals surface area contributed by atoms with Gasteiger partial charge in [0.2, 0.25) is 0 Å². The molecular weight excluding hydrogens is 208 g/mol. The number of terminal acetylenes is 1. The first-order valence-corrected chi connectivity index (χ1v) is 6.31. The highest BCUT2D eigenvalue weighted by atomic mass is 15.2. The minimum absolute atomic E-state index is 0.522. The van der Waals surface area contributed by atoms with Gasteiger partial charge in [0, 0.05) is 19.1 Å². The third-order valence-corrected chi connectivity index (χ3v) is 3.20. The van der Waals surface area contributed by atoms with Crippen LogP contribution < -0.4 is 5.32 Å². The average molecular weight is 228 g/mol. The van der Waals surface area contributed by atoms with Gasteiger partial charge in [-0.2, -0.15) is 0 Å². The minimum Gasteiger partial charge on any atom is -0.312 e. The van der Waals surface area contributed by atoms with E-state index in [-0.39, 0.29) is 0 Å². The highest BCUT2D eigenvalue weighted by Gasteiger charge is 2.16. The second-order valence-electron chi connectivity index (χ2n) is 4.63. The Labute approximate surface area is 104 Å². The molecule has 0 amide bonds. The molecule has 0 bridgehead atoms. The fourth-order valence-electron chi connectivity index (χ4n) is 2.38. The minimum atomic E-state index is 0.522. The first kappa shape index (κ1) is 12.2. The summed E-state index contributed by atoms with van der Waals surface area (Å²) in [6.07, 6.45) is 7.67. The average Bonchev–Trinajstić information content (AvgIpc) is 2.56. The van der Waals surface area contributed by atoms with Crippen molar-refractivity contribution in [3.63, 3.8) is 0 Å². The van der Waals surface area contributed by atoms with Crippen molar-refractivity contribution in [2.45, 2.75) is 18.9 Å². The van der Waals surface area contributed by atoms with Crippen LogP contribution in [0.4, 0.5) is 0 Å². The molecule has 1 aliphatic heterocycles. The van der Waals surface area contributed by atoms with Crippen molar-refractivity contribution in [2.75, 3.05) is 26.2 Å².